The number of ether oxygens (including phenoxy) is 3. The molecular weight excluding hydrogens is 877 g/mol. The highest BCUT2D eigenvalue weighted by molar-refractivity contribution is 5.71. The summed E-state index contributed by atoms with van der Waals surface area (Å²) in [4.78, 5) is 38.2. The minimum absolute atomic E-state index is 0.104. The molecule has 0 spiro atoms. The number of carbonyl (C=O) groups excluding carboxylic acids is 3. The number of hydrogen-bond acceptors (Lipinski definition) is 6. The van der Waals surface area contributed by atoms with E-state index in [-0.39, 0.29) is 37.5 Å². The predicted octanol–water partition coefficient (Wildman–Crippen LogP) is 19.9. The van der Waals surface area contributed by atoms with Crippen LogP contribution >= 0.6 is 0 Å². The SMILES string of the molecule is CC/C=C\C/C=C\C/C=C\C/C=C\CCCCCCC(=O)OC[C@H](COC(=O)CCCCCCCCCCCCC/C=C\CCCCCCCC)OC(=O)CCCC/C=C\C/C=C\C/C=C\C/C=C\CC. The summed E-state index contributed by atoms with van der Waals surface area (Å²) in [5.74, 6) is -0.970. The lowest BCUT2D eigenvalue weighted by Crippen LogP contribution is -2.30. The summed E-state index contributed by atoms with van der Waals surface area (Å²) in [5, 5.41) is 0. The maximum absolute atomic E-state index is 12.8. The number of allylic oxidation sites excluding steroid dienone is 18. The monoisotopic (exact) mass is 985 g/mol. The number of esters is 3. The zero-order valence-corrected chi connectivity index (χ0v) is 46.2. The molecule has 71 heavy (non-hydrogen) atoms. The molecule has 0 aromatic rings. The van der Waals surface area contributed by atoms with Crippen molar-refractivity contribution in [3.63, 3.8) is 0 Å². The van der Waals surface area contributed by atoms with Gasteiger partial charge in [0, 0.05) is 19.3 Å². The summed E-state index contributed by atoms with van der Waals surface area (Å²) < 4.78 is 16.8. The molecule has 0 saturated heterocycles. The molecule has 0 aromatic heterocycles. The van der Waals surface area contributed by atoms with Crippen LogP contribution in [0.3, 0.4) is 0 Å². The average Bonchev–Trinajstić information content (AvgIpc) is 3.37. The van der Waals surface area contributed by atoms with Gasteiger partial charge in [-0.2, -0.15) is 0 Å². The van der Waals surface area contributed by atoms with E-state index in [2.05, 4.69) is 130 Å². The van der Waals surface area contributed by atoms with Crippen LogP contribution in [0, 0.1) is 0 Å². The standard InChI is InChI=1S/C65H108O6/c1-4-7-10-13-16-19-22-25-28-30-31-32-33-35-38-40-43-46-49-52-55-58-64(67)70-61-62(71-65(68)59-56-53-50-47-44-41-36-27-24-21-18-15-12-9-6-3)60-69-63(66)57-54-51-48-45-42-39-37-34-29-26-23-20-17-14-11-8-5-2/h8-9,11-12,17-18,20-21,25-29,36-37,39,44,47,62H,4-7,10,13-16,19,22-24,30-35,38,40-43,45-46,48-61H2,1-3H3/b11-8-,12-9-,20-17-,21-18-,28-25-,29-26-,36-27-,39-37-,47-44-/t62-/m1/s1. The maximum atomic E-state index is 12.8. The quantitative estimate of drug-likeness (QED) is 0.0261. The van der Waals surface area contributed by atoms with Gasteiger partial charge in [0.05, 0.1) is 0 Å². The Bertz CT molecular complexity index is 1460. The van der Waals surface area contributed by atoms with E-state index < -0.39 is 6.10 Å². The summed E-state index contributed by atoms with van der Waals surface area (Å²) >= 11 is 0. The van der Waals surface area contributed by atoms with Crippen LogP contribution in [0.1, 0.15) is 265 Å². The predicted molar refractivity (Wildman–Crippen MR) is 307 cm³/mol. The highest BCUT2D eigenvalue weighted by atomic mass is 16.6. The molecule has 1 atom stereocenters. The van der Waals surface area contributed by atoms with E-state index in [9.17, 15) is 14.4 Å². The molecule has 0 amide bonds. The zero-order valence-electron chi connectivity index (χ0n) is 46.2. The van der Waals surface area contributed by atoms with Crippen LogP contribution in [0.4, 0.5) is 0 Å². The van der Waals surface area contributed by atoms with E-state index in [1.807, 2.05) is 0 Å². The maximum Gasteiger partial charge on any atom is 0.306 e. The van der Waals surface area contributed by atoms with Crippen LogP contribution in [0.5, 0.6) is 0 Å². The smallest absolute Gasteiger partial charge is 0.306 e. The van der Waals surface area contributed by atoms with Crippen molar-refractivity contribution in [1.29, 1.82) is 0 Å². The van der Waals surface area contributed by atoms with Crippen molar-refractivity contribution in [1.82, 2.24) is 0 Å². The van der Waals surface area contributed by atoms with E-state index in [0.29, 0.717) is 19.3 Å². The van der Waals surface area contributed by atoms with Gasteiger partial charge in [-0.1, -0.05) is 233 Å². The molecule has 0 saturated carbocycles. The Morgan fingerprint density at radius 2 is 0.549 bits per heavy atom. The van der Waals surface area contributed by atoms with Gasteiger partial charge in [-0.05, 0) is 122 Å². The number of unbranched alkanes of at least 4 members (excludes halogenated alkanes) is 23. The second-order valence-electron chi connectivity index (χ2n) is 19.1. The highest BCUT2D eigenvalue weighted by Crippen LogP contribution is 2.15. The molecular formula is C65H108O6. The van der Waals surface area contributed by atoms with Crippen molar-refractivity contribution in [2.75, 3.05) is 13.2 Å². The molecule has 0 aliphatic heterocycles. The van der Waals surface area contributed by atoms with Gasteiger partial charge in [0.15, 0.2) is 6.10 Å². The fraction of sp³-hybridized carbons (Fsp3) is 0.677. The van der Waals surface area contributed by atoms with Gasteiger partial charge in [0.2, 0.25) is 0 Å². The molecule has 0 aliphatic rings. The average molecular weight is 986 g/mol. The van der Waals surface area contributed by atoms with Crippen LogP contribution < -0.4 is 0 Å². The topological polar surface area (TPSA) is 78.9 Å². The highest BCUT2D eigenvalue weighted by Gasteiger charge is 2.19. The van der Waals surface area contributed by atoms with E-state index in [1.54, 1.807) is 0 Å². The fourth-order valence-corrected chi connectivity index (χ4v) is 7.89. The Labute approximate surface area is 438 Å². The first-order valence-electron chi connectivity index (χ1n) is 29.4. The van der Waals surface area contributed by atoms with Gasteiger partial charge < -0.3 is 14.2 Å². The van der Waals surface area contributed by atoms with Crippen LogP contribution in [0.25, 0.3) is 0 Å². The Hall–Kier alpha value is -3.93. The van der Waals surface area contributed by atoms with Gasteiger partial charge >= 0.3 is 17.9 Å². The molecule has 0 rings (SSSR count). The lowest BCUT2D eigenvalue weighted by Gasteiger charge is -2.18. The third kappa shape index (κ3) is 56.9. The van der Waals surface area contributed by atoms with Gasteiger partial charge in [-0.25, -0.2) is 0 Å². The largest absolute Gasteiger partial charge is 0.462 e. The third-order valence-corrected chi connectivity index (χ3v) is 12.2. The summed E-state index contributed by atoms with van der Waals surface area (Å²) in [7, 11) is 0. The van der Waals surface area contributed by atoms with Crippen molar-refractivity contribution in [3.05, 3.63) is 109 Å². The first-order chi connectivity index (χ1) is 35.0. The lowest BCUT2D eigenvalue weighted by molar-refractivity contribution is -0.167. The Morgan fingerprint density at radius 1 is 0.296 bits per heavy atom. The molecule has 6 nitrogen and oxygen atoms in total. The Kier molecular flexibility index (Phi) is 55.4. The van der Waals surface area contributed by atoms with Crippen LogP contribution in [-0.4, -0.2) is 37.2 Å². The van der Waals surface area contributed by atoms with E-state index in [4.69, 9.17) is 14.2 Å². The van der Waals surface area contributed by atoms with Gasteiger partial charge in [-0.15, -0.1) is 0 Å². The van der Waals surface area contributed by atoms with Gasteiger partial charge in [0.1, 0.15) is 13.2 Å². The molecule has 0 aromatic carbocycles. The molecule has 0 bridgehead atoms. The van der Waals surface area contributed by atoms with Crippen LogP contribution in [-0.2, 0) is 28.6 Å². The number of carbonyl (C=O) groups is 3. The third-order valence-electron chi connectivity index (χ3n) is 12.2. The van der Waals surface area contributed by atoms with Crippen molar-refractivity contribution in [2.45, 2.75) is 271 Å². The van der Waals surface area contributed by atoms with Gasteiger partial charge in [-0.3, -0.25) is 14.4 Å². The summed E-state index contributed by atoms with van der Waals surface area (Å²) in [6, 6.07) is 0. The molecule has 0 fully saturated rings. The normalized spacial score (nSPS) is 12.9. The molecule has 0 heterocycles. The minimum atomic E-state index is -0.813. The minimum Gasteiger partial charge on any atom is -0.462 e. The lowest BCUT2D eigenvalue weighted by atomic mass is 10.0. The summed E-state index contributed by atoms with van der Waals surface area (Å²) in [6.07, 6.45) is 79.4. The molecule has 6 heteroatoms. The van der Waals surface area contributed by atoms with E-state index >= 15 is 0 Å². The van der Waals surface area contributed by atoms with Crippen molar-refractivity contribution in [2.24, 2.45) is 0 Å². The van der Waals surface area contributed by atoms with Crippen molar-refractivity contribution >= 4 is 17.9 Å². The van der Waals surface area contributed by atoms with Gasteiger partial charge in [0.25, 0.3) is 0 Å². The van der Waals surface area contributed by atoms with Crippen LogP contribution in [0.15, 0.2) is 109 Å². The number of rotatable bonds is 52. The van der Waals surface area contributed by atoms with E-state index in [1.165, 1.54) is 103 Å². The summed E-state index contributed by atoms with van der Waals surface area (Å²) in [5.41, 5.74) is 0. The molecule has 404 valence electrons. The van der Waals surface area contributed by atoms with E-state index in [0.717, 1.165) is 116 Å². The zero-order chi connectivity index (χ0) is 51.4. The molecule has 0 unspecified atom stereocenters. The first kappa shape index (κ1) is 67.1. The van der Waals surface area contributed by atoms with Crippen LogP contribution in [0.2, 0.25) is 0 Å². The Morgan fingerprint density at radius 3 is 0.901 bits per heavy atom. The van der Waals surface area contributed by atoms with Crippen molar-refractivity contribution < 1.29 is 28.6 Å². The Balaban J connectivity index is 4.44. The molecule has 0 N–H and O–H groups in total. The molecule has 0 aliphatic carbocycles. The molecule has 0 radical (unpaired) electrons. The first-order valence-corrected chi connectivity index (χ1v) is 29.4. The second kappa shape index (κ2) is 58.6. The second-order valence-corrected chi connectivity index (χ2v) is 19.1. The fourth-order valence-electron chi connectivity index (χ4n) is 7.89. The number of hydrogen-bond donors (Lipinski definition) is 0. The summed E-state index contributed by atoms with van der Waals surface area (Å²) in [6.45, 7) is 6.36. The van der Waals surface area contributed by atoms with Crippen molar-refractivity contribution in [3.8, 4) is 0 Å².